The number of carbonyl (C=O) groups excluding carboxylic acids is 1. The number of ether oxygens (including phenoxy) is 1. The summed E-state index contributed by atoms with van der Waals surface area (Å²) in [6.07, 6.45) is 6.50. The minimum absolute atomic E-state index is 0.0837. The number of carbonyl (C=O) groups is 1. The summed E-state index contributed by atoms with van der Waals surface area (Å²) in [6.45, 7) is 3.22. The van der Waals surface area contributed by atoms with Crippen molar-refractivity contribution < 1.29 is 9.53 Å². The molecule has 1 atom stereocenters. The van der Waals surface area contributed by atoms with E-state index in [1.807, 2.05) is 68.6 Å². The summed E-state index contributed by atoms with van der Waals surface area (Å²) in [7, 11) is 1.82. The van der Waals surface area contributed by atoms with Gasteiger partial charge < -0.3 is 19.9 Å². The van der Waals surface area contributed by atoms with Gasteiger partial charge in [-0.05, 0) is 42.7 Å². The molecule has 1 fully saturated rings. The Morgan fingerprint density at radius 3 is 2.53 bits per heavy atom. The fourth-order valence-electron chi connectivity index (χ4n) is 4.83. The fourth-order valence-corrected chi connectivity index (χ4v) is 4.83. The molecule has 7 nitrogen and oxygen atoms in total. The second-order valence-corrected chi connectivity index (χ2v) is 9.22. The molecule has 2 aromatic carbocycles. The Balaban J connectivity index is 1.34. The van der Waals surface area contributed by atoms with E-state index in [1.165, 1.54) is 12.8 Å². The van der Waals surface area contributed by atoms with Gasteiger partial charge in [-0.15, -0.1) is 0 Å². The molecule has 1 saturated carbocycles. The zero-order chi connectivity index (χ0) is 23.5. The average molecular weight is 458 g/mol. The van der Waals surface area contributed by atoms with E-state index in [1.54, 1.807) is 11.1 Å². The van der Waals surface area contributed by atoms with Crippen LogP contribution in [0.15, 0.2) is 60.8 Å². The van der Waals surface area contributed by atoms with E-state index in [0.717, 1.165) is 41.3 Å². The highest BCUT2D eigenvalue weighted by molar-refractivity contribution is 5.98. The molecule has 2 heterocycles. The average Bonchev–Trinajstić information content (AvgIpc) is 3.38. The molecule has 0 bridgehead atoms. The van der Waals surface area contributed by atoms with Crippen LogP contribution in [0.1, 0.15) is 38.2 Å². The number of nitrogens with zero attached hydrogens (tertiary/aromatic N) is 4. The van der Waals surface area contributed by atoms with E-state index in [4.69, 9.17) is 9.72 Å². The largest absolute Gasteiger partial charge is 0.489 e. The second kappa shape index (κ2) is 9.71. The zero-order valence-corrected chi connectivity index (χ0v) is 19.8. The highest BCUT2D eigenvalue weighted by atomic mass is 16.5. The lowest BCUT2D eigenvalue weighted by atomic mass is 10.1. The molecule has 176 valence electrons. The van der Waals surface area contributed by atoms with Crippen LogP contribution in [0.5, 0.6) is 5.75 Å². The fraction of sp³-hybridized carbons (Fsp3) is 0.370. The van der Waals surface area contributed by atoms with Crippen molar-refractivity contribution in [2.75, 3.05) is 28.7 Å². The Labute approximate surface area is 200 Å². The van der Waals surface area contributed by atoms with Crippen LogP contribution in [-0.4, -0.2) is 35.5 Å². The third-order valence-electron chi connectivity index (χ3n) is 6.73. The molecular weight excluding hydrogens is 426 g/mol. The molecule has 1 N–H and O–H groups in total. The van der Waals surface area contributed by atoms with Gasteiger partial charge in [0, 0.05) is 25.3 Å². The Morgan fingerprint density at radius 1 is 1.06 bits per heavy atom. The Bertz CT molecular complexity index is 1130. The highest BCUT2D eigenvalue weighted by Gasteiger charge is 2.35. The van der Waals surface area contributed by atoms with Gasteiger partial charge in [0.2, 0.25) is 11.9 Å². The number of rotatable bonds is 6. The molecule has 34 heavy (non-hydrogen) atoms. The first-order valence-electron chi connectivity index (χ1n) is 12.0. The van der Waals surface area contributed by atoms with E-state index in [9.17, 15) is 4.79 Å². The van der Waals surface area contributed by atoms with Gasteiger partial charge in [-0.3, -0.25) is 4.79 Å². The third kappa shape index (κ3) is 4.69. The summed E-state index contributed by atoms with van der Waals surface area (Å²) >= 11 is 0. The van der Waals surface area contributed by atoms with E-state index in [-0.39, 0.29) is 11.8 Å². The van der Waals surface area contributed by atoms with Crippen molar-refractivity contribution in [1.29, 1.82) is 0 Å². The zero-order valence-electron chi connectivity index (χ0n) is 19.8. The van der Waals surface area contributed by atoms with Crippen LogP contribution in [0.4, 0.5) is 23.1 Å². The van der Waals surface area contributed by atoms with Gasteiger partial charge in [0.05, 0.1) is 12.1 Å². The molecule has 2 aliphatic rings. The van der Waals surface area contributed by atoms with Crippen molar-refractivity contribution >= 4 is 29.0 Å². The molecule has 0 saturated heterocycles. The van der Waals surface area contributed by atoms with Gasteiger partial charge in [0.15, 0.2) is 5.82 Å². The van der Waals surface area contributed by atoms with Gasteiger partial charge in [-0.2, -0.15) is 4.98 Å². The van der Waals surface area contributed by atoms with Crippen molar-refractivity contribution in [2.45, 2.75) is 45.3 Å². The maximum Gasteiger partial charge on any atom is 0.231 e. The van der Waals surface area contributed by atoms with Crippen LogP contribution < -0.4 is 19.9 Å². The molecule has 7 heteroatoms. The molecular formula is C27H31N5O2. The maximum absolute atomic E-state index is 12.8. The summed E-state index contributed by atoms with van der Waals surface area (Å²) < 4.78 is 5.89. The molecule has 0 radical (unpaired) electrons. The Morgan fingerprint density at radius 2 is 1.79 bits per heavy atom. The number of aromatic nitrogens is 2. The van der Waals surface area contributed by atoms with Crippen molar-refractivity contribution in [2.24, 2.45) is 5.92 Å². The molecule has 5 rings (SSSR count). The van der Waals surface area contributed by atoms with Crippen LogP contribution in [-0.2, 0) is 11.4 Å². The molecule has 1 aromatic heterocycles. The van der Waals surface area contributed by atoms with Crippen LogP contribution >= 0.6 is 0 Å². The normalized spacial score (nSPS) is 18.5. The lowest BCUT2D eigenvalue weighted by Gasteiger charge is -2.31. The Kier molecular flexibility index (Phi) is 6.34. The number of fused-ring (bicyclic) bond motifs is 1. The molecule has 1 amide bonds. The number of benzene rings is 2. The minimum atomic E-state index is -0.0837. The van der Waals surface area contributed by atoms with Gasteiger partial charge in [-0.25, -0.2) is 4.98 Å². The van der Waals surface area contributed by atoms with Crippen LogP contribution in [0, 0.1) is 5.92 Å². The predicted octanol–water partition coefficient (Wildman–Crippen LogP) is 5.16. The summed E-state index contributed by atoms with van der Waals surface area (Å²) in [4.78, 5) is 26.3. The molecule has 0 spiro atoms. The van der Waals surface area contributed by atoms with Crippen molar-refractivity contribution in [3.8, 4) is 5.75 Å². The number of hydrogen-bond donors (Lipinski definition) is 1. The van der Waals surface area contributed by atoms with Gasteiger partial charge >= 0.3 is 0 Å². The standard InChI is InChI=1S/C27H31N5O2/c1-19-17-32(22-10-6-7-11-22)25-24(31(2)26(19)33)16-28-27(30-25)29-21-12-14-23(15-13-21)34-18-20-8-4-3-5-9-20/h3-5,8-9,12-16,19,22H,6-7,10-11,17-18H2,1-2H3,(H,28,29,30). The highest BCUT2D eigenvalue weighted by Crippen LogP contribution is 2.37. The molecule has 1 unspecified atom stereocenters. The van der Waals surface area contributed by atoms with Gasteiger partial charge in [-0.1, -0.05) is 50.1 Å². The minimum Gasteiger partial charge on any atom is -0.489 e. The lowest BCUT2D eigenvalue weighted by molar-refractivity contribution is -0.121. The van der Waals surface area contributed by atoms with Crippen molar-refractivity contribution in [1.82, 2.24) is 9.97 Å². The van der Waals surface area contributed by atoms with Crippen LogP contribution in [0.3, 0.4) is 0 Å². The number of hydrogen-bond acceptors (Lipinski definition) is 6. The third-order valence-corrected chi connectivity index (χ3v) is 6.73. The van der Waals surface area contributed by atoms with Crippen LogP contribution in [0.25, 0.3) is 0 Å². The van der Waals surface area contributed by atoms with E-state index < -0.39 is 0 Å². The Hall–Kier alpha value is -3.61. The van der Waals surface area contributed by atoms with Crippen molar-refractivity contribution in [3.05, 3.63) is 66.4 Å². The number of amides is 1. The number of nitrogens with one attached hydrogen (secondary N) is 1. The summed E-state index contributed by atoms with van der Waals surface area (Å²) in [5.74, 6) is 2.19. The topological polar surface area (TPSA) is 70.6 Å². The summed E-state index contributed by atoms with van der Waals surface area (Å²) in [5.41, 5.74) is 2.79. The summed E-state index contributed by atoms with van der Waals surface area (Å²) in [5, 5.41) is 3.32. The SMILES string of the molecule is CC1CN(C2CCCC2)c2nc(Nc3ccc(OCc4ccccc4)cc3)ncc2N(C)C1=O. The lowest BCUT2D eigenvalue weighted by Crippen LogP contribution is -2.38. The number of anilines is 4. The molecule has 1 aliphatic heterocycles. The van der Waals surface area contributed by atoms with E-state index >= 15 is 0 Å². The first kappa shape index (κ1) is 22.2. The van der Waals surface area contributed by atoms with E-state index in [2.05, 4.69) is 15.2 Å². The summed E-state index contributed by atoms with van der Waals surface area (Å²) in [6, 6.07) is 18.3. The van der Waals surface area contributed by atoms with Crippen molar-refractivity contribution in [3.63, 3.8) is 0 Å². The molecule has 1 aliphatic carbocycles. The monoisotopic (exact) mass is 457 g/mol. The smallest absolute Gasteiger partial charge is 0.231 e. The molecule has 3 aromatic rings. The van der Waals surface area contributed by atoms with Gasteiger partial charge in [0.25, 0.3) is 0 Å². The maximum atomic E-state index is 12.8. The first-order chi connectivity index (χ1) is 16.6. The van der Waals surface area contributed by atoms with Gasteiger partial charge in [0.1, 0.15) is 18.0 Å². The predicted molar refractivity (Wildman–Crippen MR) is 135 cm³/mol. The van der Waals surface area contributed by atoms with E-state index in [0.29, 0.717) is 25.1 Å². The first-order valence-corrected chi connectivity index (χ1v) is 12.0. The van der Waals surface area contributed by atoms with Crippen LogP contribution in [0.2, 0.25) is 0 Å². The second-order valence-electron chi connectivity index (χ2n) is 9.22. The quantitative estimate of drug-likeness (QED) is 0.551.